The van der Waals surface area contributed by atoms with Gasteiger partial charge in [0.1, 0.15) is 0 Å². The molecule has 1 aliphatic rings. The number of hydrogen-bond donors (Lipinski definition) is 2. The molecule has 0 radical (unpaired) electrons. The quantitative estimate of drug-likeness (QED) is 0.754. The van der Waals surface area contributed by atoms with Crippen LogP contribution < -0.4 is 4.72 Å². The van der Waals surface area contributed by atoms with Crippen LogP contribution >= 0.6 is 0 Å². The van der Waals surface area contributed by atoms with Crippen molar-refractivity contribution >= 4 is 16.0 Å². The van der Waals surface area contributed by atoms with Gasteiger partial charge in [0.05, 0.1) is 11.7 Å². The lowest BCUT2D eigenvalue weighted by Crippen LogP contribution is -2.41. The number of carboxylic acids is 1. The molecule has 100 valence electrons. The highest BCUT2D eigenvalue weighted by atomic mass is 32.2. The number of carboxylic acid groups (broad SMARTS) is 1. The first-order valence-corrected chi connectivity index (χ1v) is 7.70. The zero-order valence-electron chi connectivity index (χ0n) is 10.3. The van der Waals surface area contributed by atoms with Gasteiger partial charge in [0.2, 0.25) is 10.0 Å². The smallest absolute Gasteiger partial charge is 0.308 e. The summed E-state index contributed by atoms with van der Waals surface area (Å²) in [4.78, 5) is 10.9. The Morgan fingerprint density at radius 2 is 2.06 bits per heavy atom. The van der Waals surface area contributed by atoms with Gasteiger partial charge in [-0.1, -0.05) is 20.3 Å². The van der Waals surface area contributed by atoms with Crippen LogP contribution in [0.1, 0.15) is 39.5 Å². The Bertz CT molecular complexity index is 364. The first-order chi connectivity index (χ1) is 7.82. The minimum atomic E-state index is -3.34. The summed E-state index contributed by atoms with van der Waals surface area (Å²) in [5, 5.41) is 8.96. The SMILES string of the molecule is CC(C)CCS(=O)(=O)NC1CCCC1C(=O)O. The van der Waals surface area contributed by atoms with Gasteiger partial charge < -0.3 is 5.11 Å². The van der Waals surface area contributed by atoms with Crippen molar-refractivity contribution < 1.29 is 18.3 Å². The van der Waals surface area contributed by atoms with Crippen LogP contribution in [0.15, 0.2) is 0 Å². The third-order valence-corrected chi connectivity index (χ3v) is 4.56. The van der Waals surface area contributed by atoms with E-state index in [0.717, 1.165) is 6.42 Å². The maximum Gasteiger partial charge on any atom is 0.308 e. The van der Waals surface area contributed by atoms with Crippen LogP contribution in [0.4, 0.5) is 0 Å². The summed E-state index contributed by atoms with van der Waals surface area (Å²) in [5.74, 6) is -1.07. The molecule has 6 heteroatoms. The predicted octanol–water partition coefficient (Wildman–Crippen LogP) is 1.21. The van der Waals surface area contributed by atoms with Crippen LogP contribution in [0.3, 0.4) is 0 Å². The largest absolute Gasteiger partial charge is 0.481 e. The number of aliphatic carboxylic acids is 1. The third kappa shape index (κ3) is 4.63. The van der Waals surface area contributed by atoms with Crippen molar-refractivity contribution in [3.8, 4) is 0 Å². The molecule has 0 amide bonds. The van der Waals surface area contributed by atoms with Gasteiger partial charge in [-0.3, -0.25) is 4.79 Å². The molecule has 1 aliphatic carbocycles. The second-order valence-electron chi connectivity index (χ2n) is 5.10. The Morgan fingerprint density at radius 1 is 1.41 bits per heavy atom. The van der Waals surface area contributed by atoms with E-state index < -0.39 is 28.0 Å². The fourth-order valence-corrected chi connectivity index (χ4v) is 3.72. The molecule has 0 aliphatic heterocycles. The Morgan fingerprint density at radius 3 is 2.59 bits per heavy atom. The van der Waals surface area contributed by atoms with E-state index in [0.29, 0.717) is 25.2 Å². The number of rotatable bonds is 6. The van der Waals surface area contributed by atoms with E-state index in [2.05, 4.69) is 4.72 Å². The number of carbonyl (C=O) groups is 1. The minimum absolute atomic E-state index is 0.0769. The van der Waals surface area contributed by atoms with Crippen LogP contribution in [0.5, 0.6) is 0 Å². The lowest BCUT2D eigenvalue weighted by molar-refractivity contribution is -0.141. The molecule has 1 fully saturated rings. The first-order valence-electron chi connectivity index (χ1n) is 6.04. The van der Waals surface area contributed by atoms with E-state index in [1.54, 1.807) is 0 Å². The topological polar surface area (TPSA) is 83.5 Å². The van der Waals surface area contributed by atoms with E-state index >= 15 is 0 Å². The van der Waals surface area contributed by atoms with Crippen LogP contribution in [-0.2, 0) is 14.8 Å². The average Bonchev–Trinajstić information content (AvgIpc) is 2.62. The summed E-state index contributed by atoms with van der Waals surface area (Å²) in [7, 11) is -3.34. The number of nitrogens with one attached hydrogen (secondary N) is 1. The van der Waals surface area contributed by atoms with Gasteiger partial charge in [-0.25, -0.2) is 13.1 Å². The summed E-state index contributed by atoms with van der Waals surface area (Å²) in [6, 6.07) is -0.426. The highest BCUT2D eigenvalue weighted by Crippen LogP contribution is 2.26. The van der Waals surface area contributed by atoms with E-state index in [-0.39, 0.29) is 5.75 Å². The van der Waals surface area contributed by atoms with Crippen molar-refractivity contribution in [2.45, 2.75) is 45.6 Å². The maximum absolute atomic E-state index is 11.8. The Kier molecular flexibility index (Phi) is 4.94. The third-order valence-electron chi connectivity index (χ3n) is 3.13. The van der Waals surface area contributed by atoms with E-state index in [1.165, 1.54) is 0 Å². The molecule has 2 unspecified atom stereocenters. The lowest BCUT2D eigenvalue weighted by atomic mass is 10.1. The fraction of sp³-hybridized carbons (Fsp3) is 0.909. The molecule has 2 atom stereocenters. The van der Waals surface area contributed by atoms with Gasteiger partial charge in [-0.05, 0) is 25.2 Å². The lowest BCUT2D eigenvalue weighted by Gasteiger charge is -2.17. The second kappa shape index (κ2) is 5.82. The number of hydrogen-bond acceptors (Lipinski definition) is 3. The summed E-state index contributed by atoms with van der Waals surface area (Å²) < 4.78 is 26.0. The molecule has 0 aromatic heterocycles. The molecule has 0 saturated heterocycles. The molecular weight excluding hydrogens is 242 g/mol. The van der Waals surface area contributed by atoms with Gasteiger partial charge >= 0.3 is 5.97 Å². The van der Waals surface area contributed by atoms with E-state index in [4.69, 9.17) is 5.11 Å². The van der Waals surface area contributed by atoms with Crippen LogP contribution in [0.2, 0.25) is 0 Å². The Balaban J connectivity index is 2.55. The fourth-order valence-electron chi connectivity index (χ4n) is 2.08. The minimum Gasteiger partial charge on any atom is -0.481 e. The summed E-state index contributed by atoms with van der Waals surface area (Å²) in [6.07, 6.45) is 2.55. The molecule has 0 heterocycles. The van der Waals surface area contributed by atoms with Gasteiger partial charge in [0.25, 0.3) is 0 Å². The van der Waals surface area contributed by atoms with Gasteiger partial charge in [0.15, 0.2) is 0 Å². The zero-order valence-corrected chi connectivity index (χ0v) is 11.2. The van der Waals surface area contributed by atoms with Crippen LogP contribution in [0, 0.1) is 11.8 Å². The molecule has 0 aromatic carbocycles. The van der Waals surface area contributed by atoms with E-state index in [1.807, 2.05) is 13.8 Å². The van der Waals surface area contributed by atoms with Crippen molar-refractivity contribution in [2.24, 2.45) is 11.8 Å². The molecule has 17 heavy (non-hydrogen) atoms. The summed E-state index contributed by atoms with van der Waals surface area (Å²) in [5.41, 5.74) is 0. The molecule has 2 N–H and O–H groups in total. The van der Waals surface area contributed by atoms with Gasteiger partial charge in [-0.2, -0.15) is 0 Å². The van der Waals surface area contributed by atoms with Crippen LogP contribution in [0.25, 0.3) is 0 Å². The van der Waals surface area contributed by atoms with Gasteiger partial charge in [0, 0.05) is 6.04 Å². The van der Waals surface area contributed by atoms with Crippen molar-refractivity contribution in [3.05, 3.63) is 0 Å². The Labute approximate surface area is 103 Å². The molecule has 0 aromatic rings. The summed E-state index contributed by atoms with van der Waals surface area (Å²) >= 11 is 0. The maximum atomic E-state index is 11.8. The first kappa shape index (κ1) is 14.4. The molecule has 1 saturated carbocycles. The molecule has 0 spiro atoms. The average molecular weight is 263 g/mol. The zero-order chi connectivity index (χ0) is 13.1. The normalized spacial score (nSPS) is 25.4. The molecule has 5 nitrogen and oxygen atoms in total. The highest BCUT2D eigenvalue weighted by Gasteiger charge is 2.35. The van der Waals surface area contributed by atoms with Crippen molar-refractivity contribution in [1.82, 2.24) is 4.72 Å². The van der Waals surface area contributed by atoms with Crippen molar-refractivity contribution in [3.63, 3.8) is 0 Å². The standard InChI is InChI=1S/C11H21NO4S/c1-8(2)6-7-17(15,16)12-10-5-3-4-9(10)11(13)14/h8-10,12H,3-7H2,1-2H3,(H,13,14). The monoisotopic (exact) mass is 263 g/mol. The van der Waals surface area contributed by atoms with Gasteiger partial charge in [-0.15, -0.1) is 0 Å². The predicted molar refractivity (Wildman–Crippen MR) is 65.1 cm³/mol. The second-order valence-corrected chi connectivity index (χ2v) is 6.97. The highest BCUT2D eigenvalue weighted by molar-refractivity contribution is 7.89. The molecule has 1 rings (SSSR count). The molecule has 0 bridgehead atoms. The van der Waals surface area contributed by atoms with E-state index in [9.17, 15) is 13.2 Å². The van der Waals surface area contributed by atoms with Crippen molar-refractivity contribution in [1.29, 1.82) is 0 Å². The molecular formula is C11H21NO4S. The van der Waals surface area contributed by atoms with Crippen LogP contribution in [-0.4, -0.2) is 31.3 Å². The number of sulfonamides is 1. The Hall–Kier alpha value is -0.620. The summed E-state index contributed by atoms with van der Waals surface area (Å²) in [6.45, 7) is 3.93. The van der Waals surface area contributed by atoms with Crippen molar-refractivity contribution in [2.75, 3.05) is 5.75 Å².